The van der Waals surface area contributed by atoms with Gasteiger partial charge in [0.1, 0.15) is 0 Å². The van der Waals surface area contributed by atoms with E-state index in [1.165, 1.54) is 0 Å². The van der Waals surface area contributed by atoms with Gasteiger partial charge in [-0.3, -0.25) is 9.59 Å². The number of carbonyl (C=O) groups excluding carboxylic acids is 2. The second-order valence-electron chi connectivity index (χ2n) is 4.12. The number of hydrogen-bond donors (Lipinski definition) is 1. The van der Waals surface area contributed by atoms with Crippen LogP contribution < -0.4 is 5.32 Å². The van der Waals surface area contributed by atoms with Crippen molar-refractivity contribution < 1.29 is 31.5 Å². The highest BCUT2D eigenvalue weighted by molar-refractivity contribution is 6.35. The topological polar surface area (TPSA) is 46.2 Å². The lowest BCUT2D eigenvalue weighted by atomic mass is 10.0. The molecule has 1 heterocycles. The first-order valence-corrected chi connectivity index (χ1v) is 5.53. The average Bonchev–Trinajstić information content (AvgIpc) is 2.64. The molecule has 0 aromatic heterocycles. The van der Waals surface area contributed by atoms with E-state index in [9.17, 15) is 31.5 Å². The molecule has 0 radical (unpaired) electrons. The highest BCUT2D eigenvalue weighted by atomic mass is 35.5. The zero-order valence-electron chi connectivity index (χ0n) is 9.45. The highest BCUT2D eigenvalue weighted by Crippen LogP contribution is 2.40. The molecule has 0 saturated carbocycles. The number of hydrogen-bond acceptors (Lipinski definition) is 2. The lowest BCUT2D eigenvalue weighted by Crippen LogP contribution is -2.44. The minimum absolute atomic E-state index is 0.140. The fourth-order valence-electron chi connectivity index (χ4n) is 1.72. The molecule has 1 aromatic rings. The largest absolute Gasteiger partial charge is 0.461 e. The lowest BCUT2D eigenvalue weighted by Gasteiger charge is -2.19. The summed E-state index contributed by atoms with van der Waals surface area (Å²) in [4.78, 5) is 22.4. The number of amides is 1. The van der Waals surface area contributed by atoms with E-state index in [1.54, 1.807) is 0 Å². The van der Waals surface area contributed by atoms with Gasteiger partial charge in [0.05, 0.1) is 11.4 Å². The molecule has 1 amide bonds. The van der Waals surface area contributed by atoms with Gasteiger partial charge in [0.25, 0.3) is 0 Å². The van der Waals surface area contributed by atoms with E-state index in [0.717, 1.165) is 12.1 Å². The van der Waals surface area contributed by atoms with Crippen LogP contribution in [0.3, 0.4) is 0 Å². The van der Waals surface area contributed by atoms with E-state index in [2.05, 4.69) is 5.32 Å². The molecule has 1 aliphatic heterocycles. The lowest BCUT2D eigenvalue weighted by molar-refractivity contribution is -0.255. The maximum absolute atomic E-state index is 13.0. The number of benzene rings is 1. The number of rotatable bonds is 2. The first-order chi connectivity index (χ1) is 9.04. The Morgan fingerprint density at radius 3 is 2.35 bits per heavy atom. The van der Waals surface area contributed by atoms with Crippen LogP contribution in [0.25, 0.3) is 0 Å². The van der Waals surface area contributed by atoms with Crippen LogP contribution in [0.5, 0.6) is 0 Å². The predicted octanol–water partition coefficient (Wildman–Crippen LogP) is 3.21. The third-order valence-corrected chi connectivity index (χ3v) is 3.02. The summed E-state index contributed by atoms with van der Waals surface area (Å²) in [7, 11) is 0. The van der Waals surface area contributed by atoms with Gasteiger partial charge in [0.15, 0.2) is 0 Å². The molecule has 1 N–H and O–H groups in total. The van der Waals surface area contributed by atoms with Gasteiger partial charge in [-0.15, -0.1) is 0 Å². The highest BCUT2D eigenvalue weighted by Gasteiger charge is 2.63. The molecule has 0 atom stereocenters. The van der Waals surface area contributed by atoms with Crippen molar-refractivity contribution in [1.82, 2.24) is 0 Å². The number of ketones is 1. The smallest absolute Gasteiger partial charge is 0.325 e. The second kappa shape index (κ2) is 4.41. The third kappa shape index (κ3) is 2.24. The molecular formula is C11H5ClF5NO2. The summed E-state index contributed by atoms with van der Waals surface area (Å²) >= 11 is 5.53. The van der Waals surface area contributed by atoms with Crippen LogP contribution in [0.4, 0.5) is 27.6 Å². The molecule has 1 aromatic carbocycles. The van der Waals surface area contributed by atoms with Gasteiger partial charge in [0, 0.05) is 11.3 Å². The number of carbonyl (C=O) groups is 2. The number of anilines is 1. The molecule has 1 aliphatic rings. The number of nitrogens with one attached hydrogen (secondary N) is 1. The van der Waals surface area contributed by atoms with E-state index in [1.807, 2.05) is 0 Å². The number of alkyl halides is 5. The van der Waals surface area contributed by atoms with Crippen LogP contribution in [0.15, 0.2) is 12.1 Å². The Labute approximate surface area is 113 Å². The van der Waals surface area contributed by atoms with Gasteiger partial charge in [-0.05, 0) is 17.7 Å². The molecule has 2 rings (SSSR count). The summed E-state index contributed by atoms with van der Waals surface area (Å²) in [5.74, 6) is -8.46. The fraction of sp³-hybridized carbons (Fsp3) is 0.273. The fourth-order valence-corrected chi connectivity index (χ4v) is 1.97. The van der Waals surface area contributed by atoms with Crippen LogP contribution in [-0.2, 0) is 11.2 Å². The normalized spacial score (nSPS) is 15.0. The molecule has 20 heavy (non-hydrogen) atoms. The van der Waals surface area contributed by atoms with Crippen LogP contribution in [0.1, 0.15) is 15.9 Å². The molecule has 3 nitrogen and oxygen atoms in total. The molecule has 108 valence electrons. The van der Waals surface area contributed by atoms with E-state index in [-0.39, 0.29) is 17.7 Å². The van der Waals surface area contributed by atoms with Crippen LogP contribution in [0.2, 0.25) is 5.02 Å². The molecule has 9 heteroatoms. The molecule has 0 spiro atoms. The first kappa shape index (κ1) is 14.7. The van der Waals surface area contributed by atoms with E-state index in [4.69, 9.17) is 11.6 Å². The molecule has 0 fully saturated rings. The van der Waals surface area contributed by atoms with Gasteiger partial charge in [-0.1, -0.05) is 11.6 Å². The Morgan fingerprint density at radius 2 is 1.80 bits per heavy atom. The third-order valence-electron chi connectivity index (χ3n) is 2.70. The van der Waals surface area contributed by atoms with Crippen molar-refractivity contribution in [3.05, 3.63) is 28.3 Å². The van der Waals surface area contributed by atoms with Gasteiger partial charge in [-0.2, -0.15) is 22.0 Å². The summed E-state index contributed by atoms with van der Waals surface area (Å²) < 4.78 is 62.5. The van der Waals surface area contributed by atoms with Crippen molar-refractivity contribution in [2.24, 2.45) is 0 Å². The summed E-state index contributed by atoms with van der Waals surface area (Å²) in [6, 6.07) is 1.75. The molecular weight excluding hydrogens is 309 g/mol. The van der Waals surface area contributed by atoms with E-state index in [0.29, 0.717) is 0 Å². The molecule has 0 unspecified atom stereocenters. The summed E-state index contributed by atoms with van der Waals surface area (Å²) in [5, 5.41) is 1.75. The van der Waals surface area contributed by atoms with E-state index < -0.39 is 34.4 Å². The standard InChI is InChI=1S/C11H5ClF5NO2/c12-6-3-7-4(2-8(19)18-7)1-5(6)9(20)10(13,14)11(15,16)17/h1,3H,2H2,(H,18,19). The van der Waals surface area contributed by atoms with Crippen LogP contribution >= 0.6 is 11.6 Å². The van der Waals surface area contributed by atoms with Crippen molar-refractivity contribution in [2.75, 3.05) is 5.32 Å². The Bertz CT molecular complexity index is 612. The number of halogens is 6. The monoisotopic (exact) mass is 313 g/mol. The van der Waals surface area contributed by atoms with Crippen molar-refractivity contribution >= 4 is 29.0 Å². The van der Waals surface area contributed by atoms with Crippen LogP contribution in [-0.4, -0.2) is 23.8 Å². The van der Waals surface area contributed by atoms with Gasteiger partial charge in [0.2, 0.25) is 11.7 Å². The van der Waals surface area contributed by atoms with Crippen molar-refractivity contribution in [3.8, 4) is 0 Å². The maximum Gasteiger partial charge on any atom is 0.461 e. The van der Waals surface area contributed by atoms with E-state index >= 15 is 0 Å². The Kier molecular flexibility index (Phi) is 3.24. The molecule has 0 saturated heterocycles. The maximum atomic E-state index is 13.0. The SMILES string of the molecule is O=C1Cc2cc(C(=O)C(F)(F)C(F)(F)F)c(Cl)cc2N1. The van der Waals surface area contributed by atoms with Gasteiger partial charge in [-0.25, -0.2) is 0 Å². The summed E-state index contributed by atoms with van der Waals surface area (Å²) in [5.41, 5.74) is -0.642. The van der Waals surface area contributed by atoms with Gasteiger partial charge >= 0.3 is 12.1 Å². The van der Waals surface area contributed by atoms with Crippen molar-refractivity contribution in [3.63, 3.8) is 0 Å². The predicted molar refractivity (Wildman–Crippen MR) is 59.1 cm³/mol. The Balaban J connectivity index is 2.47. The summed E-state index contributed by atoms with van der Waals surface area (Å²) in [6.45, 7) is 0. The van der Waals surface area contributed by atoms with Crippen molar-refractivity contribution in [2.45, 2.75) is 18.5 Å². The summed E-state index contributed by atoms with van der Waals surface area (Å²) in [6.07, 6.45) is -6.23. The average molecular weight is 314 g/mol. The molecule has 0 bridgehead atoms. The zero-order valence-corrected chi connectivity index (χ0v) is 10.2. The Hall–Kier alpha value is -1.70. The van der Waals surface area contributed by atoms with Gasteiger partial charge < -0.3 is 5.32 Å². The zero-order chi connectivity index (χ0) is 15.3. The minimum atomic E-state index is -6.01. The van der Waals surface area contributed by atoms with Crippen molar-refractivity contribution in [1.29, 1.82) is 0 Å². The minimum Gasteiger partial charge on any atom is -0.325 e. The number of Topliss-reactive ketones (excluding diaryl/α,β-unsaturated/α-hetero) is 1. The quantitative estimate of drug-likeness (QED) is 0.673. The first-order valence-electron chi connectivity index (χ1n) is 5.15. The number of fused-ring (bicyclic) bond motifs is 1. The second-order valence-corrected chi connectivity index (χ2v) is 4.52. The molecule has 0 aliphatic carbocycles. The Morgan fingerprint density at radius 1 is 1.20 bits per heavy atom. The van der Waals surface area contributed by atoms with Crippen LogP contribution in [0, 0.1) is 0 Å².